The van der Waals surface area contributed by atoms with Crippen LogP contribution in [0.4, 0.5) is 28.7 Å². The molecule has 1 aromatic heterocycles. The van der Waals surface area contributed by atoms with E-state index in [4.69, 9.17) is 9.47 Å². The van der Waals surface area contributed by atoms with E-state index in [1.807, 2.05) is 0 Å². The zero-order valence-corrected chi connectivity index (χ0v) is 20.5. The Morgan fingerprint density at radius 3 is 2.14 bits per heavy atom. The van der Waals surface area contributed by atoms with Gasteiger partial charge in [0.25, 0.3) is 0 Å². The van der Waals surface area contributed by atoms with Gasteiger partial charge in [0.15, 0.2) is 0 Å². The summed E-state index contributed by atoms with van der Waals surface area (Å²) in [5.41, 5.74) is 0.415. The highest BCUT2D eigenvalue weighted by atomic mass is 32.2. The van der Waals surface area contributed by atoms with Gasteiger partial charge in [0.2, 0.25) is 21.7 Å². The average Bonchev–Trinajstić information content (AvgIpc) is 2.85. The SMILES string of the molecule is CCN(CC)S(=O)(=O)c1ccc(Nc2ncnc(Nc3cc(OC)ccc3OC)c2[N+](=O)[O-])cc1. The summed E-state index contributed by atoms with van der Waals surface area (Å²) in [4.78, 5) is 19.5. The number of nitrogens with one attached hydrogen (secondary N) is 2. The van der Waals surface area contributed by atoms with Gasteiger partial charge >= 0.3 is 5.69 Å². The van der Waals surface area contributed by atoms with Crippen molar-refractivity contribution in [1.82, 2.24) is 14.3 Å². The molecule has 0 saturated carbocycles. The van der Waals surface area contributed by atoms with Gasteiger partial charge in [-0.3, -0.25) is 10.1 Å². The van der Waals surface area contributed by atoms with Crippen LogP contribution in [-0.4, -0.2) is 54.9 Å². The summed E-state index contributed by atoms with van der Waals surface area (Å²) in [6, 6.07) is 10.9. The number of nitrogens with zero attached hydrogens (tertiary/aromatic N) is 4. The molecular weight excluding hydrogens is 476 g/mol. The lowest BCUT2D eigenvalue weighted by Crippen LogP contribution is -2.30. The van der Waals surface area contributed by atoms with Gasteiger partial charge in [0, 0.05) is 24.8 Å². The molecule has 0 aliphatic carbocycles. The smallest absolute Gasteiger partial charge is 0.353 e. The molecule has 3 rings (SSSR count). The molecule has 2 N–H and O–H groups in total. The molecule has 0 fully saturated rings. The van der Waals surface area contributed by atoms with Crippen LogP contribution in [0, 0.1) is 10.1 Å². The number of hydrogen-bond acceptors (Lipinski definition) is 10. The number of ether oxygens (including phenoxy) is 2. The van der Waals surface area contributed by atoms with Gasteiger partial charge < -0.3 is 20.1 Å². The lowest BCUT2D eigenvalue weighted by Gasteiger charge is -2.18. The predicted octanol–water partition coefficient (Wildman–Crippen LogP) is 3.92. The summed E-state index contributed by atoms with van der Waals surface area (Å²) >= 11 is 0. The molecule has 0 saturated heterocycles. The van der Waals surface area contributed by atoms with Crippen LogP contribution in [0.15, 0.2) is 53.7 Å². The van der Waals surface area contributed by atoms with E-state index in [9.17, 15) is 18.5 Å². The number of nitro groups is 1. The first kappa shape index (κ1) is 25.6. The first-order chi connectivity index (χ1) is 16.7. The lowest BCUT2D eigenvalue weighted by molar-refractivity contribution is -0.383. The van der Waals surface area contributed by atoms with Gasteiger partial charge in [0.1, 0.15) is 17.8 Å². The van der Waals surface area contributed by atoms with Crippen molar-refractivity contribution in [2.45, 2.75) is 18.7 Å². The Hall–Kier alpha value is -3.97. The van der Waals surface area contributed by atoms with E-state index in [1.54, 1.807) is 32.0 Å². The molecule has 186 valence electrons. The molecule has 13 heteroatoms. The van der Waals surface area contributed by atoms with Crippen LogP contribution in [0.1, 0.15) is 13.8 Å². The number of hydrogen-bond donors (Lipinski definition) is 2. The van der Waals surface area contributed by atoms with Crippen LogP contribution in [0.25, 0.3) is 0 Å². The van der Waals surface area contributed by atoms with E-state index >= 15 is 0 Å². The van der Waals surface area contributed by atoms with E-state index in [2.05, 4.69) is 20.6 Å². The fourth-order valence-corrected chi connectivity index (χ4v) is 4.79. The van der Waals surface area contributed by atoms with E-state index in [1.165, 1.54) is 49.1 Å². The van der Waals surface area contributed by atoms with E-state index < -0.39 is 20.6 Å². The first-order valence-electron chi connectivity index (χ1n) is 10.6. The summed E-state index contributed by atoms with van der Waals surface area (Å²) in [6.07, 6.45) is 1.17. The third-order valence-electron chi connectivity index (χ3n) is 5.12. The highest BCUT2D eigenvalue weighted by Gasteiger charge is 2.25. The van der Waals surface area contributed by atoms with Crippen LogP contribution >= 0.6 is 0 Å². The van der Waals surface area contributed by atoms with E-state index in [0.29, 0.717) is 36.0 Å². The Labute approximate surface area is 203 Å². The minimum absolute atomic E-state index is 0.0696. The average molecular weight is 503 g/mol. The lowest BCUT2D eigenvalue weighted by atomic mass is 10.2. The molecule has 0 unspecified atom stereocenters. The molecule has 2 aromatic carbocycles. The second kappa shape index (κ2) is 11.0. The largest absolute Gasteiger partial charge is 0.497 e. The molecule has 0 atom stereocenters. The monoisotopic (exact) mass is 502 g/mol. The zero-order valence-electron chi connectivity index (χ0n) is 19.7. The Kier molecular flexibility index (Phi) is 8.04. The Balaban J connectivity index is 1.94. The van der Waals surface area contributed by atoms with Gasteiger partial charge in [-0.25, -0.2) is 18.4 Å². The number of rotatable bonds is 11. The maximum absolute atomic E-state index is 12.7. The number of anilines is 4. The second-order valence-electron chi connectivity index (χ2n) is 7.11. The van der Waals surface area contributed by atoms with Crippen molar-refractivity contribution in [2.24, 2.45) is 0 Å². The topological polar surface area (TPSA) is 149 Å². The third-order valence-corrected chi connectivity index (χ3v) is 7.19. The molecule has 35 heavy (non-hydrogen) atoms. The summed E-state index contributed by atoms with van der Waals surface area (Å²) in [6.45, 7) is 4.22. The summed E-state index contributed by atoms with van der Waals surface area (Å²) in [5, 5.41) is 17.7. The molecule has 0 bridgehead atoms. The van der Waals surface area contributed by atoms with Gasteiger partial charge in [0.05, 0.1) is 29.7 Å². The molecule has 0 radical (unpaired) electrons. The van der Waals surface area contributed by atoms with Crippen LogP contribution < -0.4 is 20.1 Å². The van der Waals surface area contributed by atoms with Crippen molar-refractivity contribution in [3.8, 4) is 11.5 Å². The minimum Gasteiger partial charge on any atom is -0.497 e. The number of aromatic nitrogens is 2. The maximum atomic E-state index is 12.7. The van der Waals surface area contributed by atoms with Crippen LogP contribution in [0.5, 0.6) is 11.5 Å². The maximum Gasteiger partial charge on any atom is 0.353 e. The number of methoxy groups -OCH3 is 2. The van der Waals surface area contributed by atoms with Gasteiger partial charge in [-0.2, -0.15) is 4.31 Å². The van der Waals surface area contributed by atoms with Crippen molar-refractivity contribution >= 4 is 38.7 Å². The molecule has 0 spiro atoms. The Morgan fingerprint density at radius 2 is 1.60 bits per heavy atom. The van der Waals surface area contributed by atoms with Crippen molar-refractivity contribution in [1.29, 1.82) is 0 Å². The molecule has 1 heterocycles. The molecule has 0 amide bonds. The Bertz CT molecular complexity index is 1300. The normalized spacial score (nSPS) is 11.2. The van der Waals surface area contributed by atoms with Crippen LogP contribution in [0.3, 0.4) is 0 Å². The molecule has 3 aromatic rings. The highest BCUT2D eigenvalue weighted by Crippen LogP contribution is 2.37. The minimum atomic E-state index is -3.63. The van der Waals surface area contributed by atoms with Crippen molar-refractivity contribution in [3.63, 3.8) is 0 Å². The van der Waals surface area contributed by atoms with Crippen molar-refractivity contribution in [3.05, 3.63) is 58.9 Å². The predicted molar refractivity (Wildman–Crippen MR) is 131 cm³/mol. The summed E-state index contributed by atoms with van der Waals surface area (Å²) in [7, 11) is -0.657. The van der Waals surface area contributed by atoms with Gasteiger partial charge in [-0.1, -0.05) is 13.8 Å². The third kappa shape index (κ3) is 5.58. The van der Waals surface area contributed by atoms with Gasteiger partial charge in [-0.05, 0) is 36.4 Å². The highest BCUT2D eigenvalue weighted by molar-refractivity contribution is 7.89. The molecule has 12 nitrogen and oxygen atoms in total. The first-order valence-corrected chi connectivity index (χ1v) is 12.0. The van der Waals surface area contributed by atoms with Gasteiger partial charge in [-0.15, -0.1) is 0 Å². The van der Waals surface area contributed by atoms with Crippen molar-refractivity contribution < 1.29 is 22.8 Å². The summed E-state index contributed by atoms with van der Waals surface area (Å²) in [5.74, 6) is 0.801. The zero-order chi connectivity index (χ0) is 25.6. The molecule has 0 aliphatic rings. The van der Waals surface area contributed by atoms with Crippen LogP contribution in [-0.2, 0) is 10.0 Å². The van der Waals surface area contributed by atoms with E-state index in [-0.39, 0.29) is 16.5 Å². The Morgan fingerprint density at radius 1 is 0.971 bits per heavy atom. The number of sulfonamides is 1. The second-order valence-corrected chi connectivity index (χ2v) is 9.04. The quantitative estimate of drug-likeness (QED) is 0.292. The fourth-order valence-electron chi connectivity index (χ4n) is 3.33. The van der Waals surface area contributed by atoms with Crippen molar-refractivity contribution in [2.75, 3.05) is 37.9 Å². The molecule has 0 aliphatic heterocycles. The summed E-state index contributed by atoms with van der Waals surface area (Å²) < 4.78 is 37.3. The number of benzene rings is 2. The fraction of sp³-hybridized carbons (Fsp3) is 0.273. The molecular formula is C22H26N6O6S. The standard InChI is InChI=1S/C22H26N6O6S/c1-5-27(6-2)35(31,32)17-10-7-15(8-11-17)25-21-20(28(29)30)22(24-14-23-21)26-18-13-16(33-3)9-12-19(18)34-4/h7-14H,5-6H2,1-4H3,(H2,23,24,25,26). The van der Waals surface area contributed by atoms with Crippen LogP contribution in [0.2, 0.25) is 0 Å². The van der Waals surface area contributed by atoms with E-state index in [0.717, 1.165) is 0 Å².